The van der Waals surface area contributed by atoms with Gasteiger partial charge < -0.3 is 29.0 Å². The van der Waals surface area contributed by atoms with Gasteiger partial charge in [0.2, 0.25) is 6.79 Å². The van der Waals surface area contributed by atoms with E-state index >= 15 is 0 Å². The van der Waals surface area contributed by atoms with Crippen molar-refractivity contribution in [3.05, 3.63) is 47.5 Å². The van der Waals surface area contributed by atoms with Crippen molar-refractivity contribution in [2.45, 2.75) is 19.9 Å². The van der Waals surface area contributed by atoms with Crippen LogP contribution in [-0.4, -0.2) is 51.3 Å². The van der Waals surface area contributed by atoms with Gasteiger partial charge in [0.1, 0.15) is 17.5 Å². The van der Waals surface area contributed by atoms with Crippen LogP contribution in [0.3, 0.4) is 0 Å². The molecule has 0 aliphatic carbocycles. The Kier molecular flexibility index (Phi) is 7.19. The van der Waals surface area contributed by atoms with Crippen LogP contribution in [0.5, 0.6) is 23.0 Å². The smallest absolute Gasteiger partial charge is 0.329 e. The molecule has 170 valence electrons. The number of esters is 1. The number of ketones is 1. The second-order valence-corrected chi connectivity index (χ2v) is 7.40. The van der Waals surface area contributed by atoms with Crippen LogP contribution in [0.4, 0.5) is 0 Å². The van der Waals surface area contributed by atoms with Crippen molar-refractivity contribution in [3.63, 3.8) is 0 Å². The fourth-order valence-electron chi connectivity index (χ4n) is 3.04. The summed E-state index contributed by atoms with van der Waals surface area (Å²) in [5.41, 5.74) is 0.590. The van der Waals surface area contributed by atoms with Crippen LogP contribution in [0, 0.1) is 5.92 Å². The van der Waals surface area contributed by atoms with Gasteiger partial charge in [-0.1, -0.05) is 13.8 Å². The number of amides is 1. The summed E-state index contributed by atoms with van der Waals surface area (Å²) >= 11 is 0. The standard InChI is InChI=1S/C23H25NO8/c1-13(2)21(24-22(26)15-7-16(28-3)10-17(8-15)29-4)23(27)30-11-18(25)14-5-6-19-20(9-14)32-12-31-19/h5-10,13,21H,11-12H2,1-4H3,(H,24,26)/t21-/m0/s1. The van der Waals surface area contributed by atoms with Crippen LogP contribution in [-0.2, 0) is 9.53 Å². The molecule has 2 aromatic carbocycles. The predicted molar refractivity (Wildman–Crippen MR) is 113 cm³/mol. The highest BCUT2D eigenvalue weighted by Crippen LogP contribution is 2.32. The number of carbonyl (C=O) groups excluding carboxylic acids is 3. The first kappa shape index (κ1) is 22.9. The molecule has 1 atom stereocenters. The molecule has 9 nitrogen and oxygen atoms in total. The van der Waals surface area contributed by atoms with Crippen molar-refractivity contribution >= 4 is 17.7 Å². The number of Topliss-reactive ketones (excluding diaryl/α,β-unsaturated/α-hetero) is 1. The lowest BCUT2D eigenvalue weighted by molar-refractivity contribution is -0.145. The summed E-state index contributed by atoms with van der Waals surface area (Å²) < 4.78 is 26.0. The summed E-state index contributed by atoms with van der Waals surface area (Å²) in [7, 11) is 2.95. The Hall–Kier alpha value is -3.75. The van der Waals surface area contributed by atoms with Gasteiger partial charge in [-0.05, 0) is 36.2 Å². The number of rotatable bonds is 9. The van der Waals surface area contributed by atoms with E-state index in [1.54, 1.807) is 32.0 Å². The van der Waals surface area contributed by atoms with Gasteiger partial charge in [-0.15, -0.1) is 0 Å². The molecule has 2 aromatic rings. The maximum absolute atomic E-state index is 12.7. The van der Waals surface area contributed by atoms with Crippen LogP contribution >= 0.6 is 0 Å². The lowest BCUT2D eigenvalue weighted by Crippen LogP contribution is -2.45. The van der Waals surface area contributed by atoms with Crippen molar-refractivity contribution < 1.29 is 38.1 Å². The molecular formula is C23H25NO8. The third kappa shape index (κ3) is 5.29. The van der Waals surface area contributed by atoms with E-state index in [1.807, 2.05) is 0 Å². The number of nitrogens with one attached hydrogen (secondary N) is 1. The van der Waals surface area contributed by atoms with Gasteiger partial charge in [0, 0.05) is 17.2 Å². The van der Waals surface area contributed by atoms with Crippen molar-refractivity contribution in [2.24, 2.45) is 5.92 Å². The zero-order valence-electron chi connectivity index (χ0n) is 18.3. The van der Waals surface area contributed by atoms with Crippen molar-refractivity contribution in [3.8, 4) is 23.0 Å². The number of fused-ring (bicyclic) bond motifs is 1. The second kappa shape index (κ2) is 10.0. The summed E-state index contributed by atoms with van der Waals surface area (Å²) in [4.78, 5) is 37.8. The van der Waals surface area contributed by atoms with Crippen LogP contribution in [0.15, 0.2) is 36.4 Å². The zero-order chi connectivity index (χ0) is 23.3. The van der Waals surface area contributed by atoms with E-state index in [-0.39, 0.29) is 18.3 Å². The highest BCUT2D eigenvalue weighted by Gasteiger charge is 2.27. The fourth-order valence-corrected chi connectivity index (χ4v) is 3.04. The molecule has 0 saturated carbocycles. The maximum atomic E-state index is 12.7. The summed E-state index contributed by atoms with van der Waals surface area (Å²) in [5.74, 6) is -0.00151. The Morgan fingerprint density at radius 3 is 2.22 bits per heavy atom. The van der Waals surface area contributed by atoms with Gasteiger partial charge in [0.15, 0.2) is 23.9 Å². The van der Waals surface area contributed by atoms with Gasteiger partial charge in [-0.25, -0.2) is 4.79 Å². The van der Waals surface area contributed by atoms with Crippen molar-refractivity contribution in [2.75, 3.05) is 27.6 Å². The molecule has 0 unspecified atom stereocenters. The van der Waals surface area contributed by atoms with E-state index < -0.39 is 30.3 Å². The van der Waals surface area contributed by atoms with Crippen molar-refractivity contribution in [1.82, 2.24) is 5.32 Å². The number of hydrogen-bond acceptors (Lipinski definition) is 8. The number of benzene rings is 2. The Morgan fingerprint density at radius 2 is 1.59 bits per heavy atom. The van der Waals surface area contributed by atoms with E-state index in [9.17, 15) is 14.4 Å². The molecule has 0 saturated heterocycles. The van der Waals surface area contributed by atoms with Crippen LogP contribution in [0.1, 0.15) is 34.6 Å². The average molecular weight is 443 g/mol. The van der Waals surface area contributed by atoms with E-state index in [0.29, 0.717) is 28.6 Å². The predicted octanol–water partition coefficient (Wildman–Crippen LogP) is 2.61. The molecule has 1 aliphatic heterocycles. The molecule has 0 radical (unpaired) electrons. The van der Waals surface area contributed by atoms with E-state index in [1.165, 1.54) is 32.4 Å². The molecule has 0 bridgehead atoms. The Bertz CT molecular complexity index is 995. The van der Waals surface area contributed by atoms with Crippen LogP contribution in [0.25, 0.3) is 0 Å². The van der Waals surface area contributed by atoms with Gasteiger partial charge >= 0.3 is 5.97 Å². The molecule has 1 N–H and O–H groups in total. The lowest BCUT2D eigenvalue weighted by atomic mass is 10.0. The van der Waals surface area contributed by atoms with E-state index in [0.717, 1.165) is 0 Å². The first-order valence-electron chi connectivity index (χ1n) is 9.95. The zero-order valence-corrected chi connectivity index (χ0v) is 18.3. The Labute approximate surface area is 185 Å². The number of carbonyl (C=O) groups is 3. The minimum Gasteiger partial charge on any atom is -0.497 e. The monoisotopic (exact) mass is 443 g/mol. The molecule has 0 fully saturated rings. The van der Waals surface area contributed by atoms with Gasteiger partial charge in [0.25, 0.3) is 5.91 Å². The Balaban J connectivity index is 1.64. The summed E-state index contributed by atoms with van der Waals surface area (Å²) in [5, 5.41) is 2.66. The minimum atomic E-state index is -0.954. The third-order valence-corrected chi connectivity index (χ3v) is 4.86. The molecule has 32 heavy (non-hydrogen) atoms. The van der Waals surface area contributed by atoms with Gasteiger partial charge in [-0.2, -0.15) is 0 Å². The molecule has 0 aromatic heterocycles. The molecule has 1 aliphatic rings. The van der Waals surface area contributed by atoms with Gasteiger partial charge in [-0.3, -0.25) is 9.59 Å². The second-order valence-electron chi connectivity index (χ2n) is 7.40. The SMILES string of the molecule is COc1cc(OC)cc(C(=O)N[C@H](C(=O)OCC(=O)c2ccc3c(c2)OCO3)C(C)C)c1. The number of ether oxygens (including phenoxy) is 5. The molecule has 1 amide bonds. The largest absolute Gasteiger partial charge is 0.497 e. The summed E-state index contributed by atoms with van der Waals surface area (Å²) in [6.07, 6.45) is 0. The van der Waals surface area contributed by atoms with Crippen molar-refractivity contribution in [1.29, 1.82) is 0 Å². The van der Waals surface area contributed by atoms with Gasteiger partial charge in [0.05, 0.1) is 14.2 Å². The summed E-state index contributed by atoms with van der Waals surface area (Å²) in [6.45, 7) is 3.15. The number of hydrogen-bond donors (Lipinski definition) is 1. The lowest BCUT2D eigenvalue weighted by Gasteiger charge is -2.21. The first-order chi connectivity index (χ1) is 15.3. The van der Waals surface area contributed by atoms with E-state index in [2.05, 4.69) is 5.32 Å². The quantitative estimate of drug-likeness (QED) is 0.465. The normalized spacial score (nSPS) is 12.8. The highest BCUT2D eigenvalue weighted by molar-refractivity contribution is 6.00. The van der Waals surface area contributed by atoms with Crippen LogP contribution < -0.4 is 24.3 Å². The number of methoxy groups -OCH3 is 2. The fraction of sp³-hybridized carbons (Fsp3) is 0.348. The first-order valence-corrected chi connectivity index (χ1v) is 9.95. The molecule has 1 heterocycles. The third-order valence-electron chi connectivity index (χ3n) is 4.86. The molecule has 0 spiro atoms. The molecular weight excluding hydrogens is 418 g/mol. The molecule has 9 heteroatoms. The minimum absolute atomic E-state index is 0.0941. The summed E-state index contributed by atoms with van der Waals surface area (Å²) in [6, 6.07) is 8.47. The highest BCUT2D eigenvalue weighted by atomic mass is 16.7. The topological polar surface area (TPSA) is 109 Å². The Morgan fingerprint density at radius 1 is 0.938 bits per heavy atom. The maximum Gasteiger partial charge on any atom is 0.329 e. The van der Waals surface area contributed by atoms with E-state index in [4.69, 9.17) is 23.7 Å². The van der Waals surface area contributed by atoms with Crippen LogP contribution in [0.2, 0.25) is 0 Å². The average Bonchev–Trinajstić information content (AvgIpc) is 3.27. The molecule has 3 rings (SSSR count).